The Labute approximate surface area is 151 Å². The summed E-state index contributed by atoms with van der Waals surface area (Å²) >= 11 is 12.3. The van der Waals surface area contributed by atoms with Crippen molar-refractivity contribution in [2.75, 3.05) is 26.3 Å². The lowest BCUT2D eigenvalue weighted by Gasteiger charge is -2.18. The summed E-state index contributed by atoms with van der Waals surface area (Å²) in [6.07, 6.45) is 0.565. The van der Waals surface area contributed by atoms with Gasteiger partial charge in [0.15, 0.2) is 0 Å². The number of carbonyl (C=O) groups is 1. The van der Waals surface area contributed by atoms with Crippen LogP contribution in [0.5, 0.6) is 0 Å². The number of esters is 1. The van der Waals surface area contributed by atoms with Crippen LogP contribution in [0.25, 0.3) is 0 Å². The molecule has 1 fully saturated rings. The fourth-order valence-electron chi connectivity index (χ4n) is 2.13. The first-order valence-corrected chi connectivity index (χ1v) is 8.62. The molecule has 1 aromatic carbocycles. The number of halogens is 2. The molecule has 132 valence electrons. The SMILES string of the molecule is CCOC(=O)C(C)CCON1CCN/C1=N\c1c(Cl)cccc1Cl. The van der Waals surface area contributed by atoms with E-state index in [1.54, 1.807) is 30.2 Å². The van der Waals surface area contributed by atoms with E-state index in [9.17, 15) is 4.79 Å². The van der Waals surface area contributed by atoms with Crippen molar-refractivity contribution in [2.45, 2.75) is 20.3 Å². The molecule has 0 radical (unpaired) electrons. The Balaban J connectivity index is 1.94. The lowest BCUT2D eigenvalue weighted by molar-refractivity contribution is -0.149. The van der Waals surface area contributed by atoms with Gasteiger partial charge in [0.2, 0.25) is 5.96 Å². The largest absolute Gasteiger partial charge is 0.466 e. The number of benzene rings is 1. The highest BCUT2D eigenvalue weighted by molar-refractivity contribution is 6.38. The highest BCUT2D eigenvalue weighted by Gasteiger charge is 2.21. The predicted molar refractivity (Wildman–Crippen MR) is 94.6 cm³/mol. The Morgan fingerprint density at radius 3 is 2.79 bits per heavy atom. The van der Waals surface area contributed by atoms with Gasteiger partial charge in [-0.15, -0.1) is 0 Å². The number of hydrogen-bond donors (Lipinski definition) is 1. The number of guanidine groups is 1. The summed E-state index contributed by atoms with van der Waals surface area (Å²) in [5, 5.41) is 5.73. The first kappa shape index (κ1) is 18.8. The van der Waals surface area contributed by atoms with Crippen molar-refractivity contribution in [1.29, 1.82) is 0 Å². The van der Waals surface area contributed by atoms with Crippen LogP contribution >= 0.6 is 23.2 Å². The van der Waals surface area contributed by atoms with Crippen molar-refractivity contribution in [3.63, 3.8) is 0 Å². The summed E-state index contributed by atoms with van der Waals surface area (Å²) in [6, 6.07) is 5.23. The molecule has 1 aliphatic heterocycles. The van der Waals surface area contributed by atoms with Gasteiger partial charge in [-0.3, -0.25) is 9.63 Å². The van der Waals surface area contributed by atoms with Crippen LogP contribution in [-0.2, 0) is 14.4 Å². The van der Waals surface area contributed by atoms with E-state index in [-0.39, 0.29) is 11.9 Å². The highest BCUT2D eigenvalue weighted by Crippen LogP contribution is 2.33. The molecule has 1 N–H and O–H groups in total. The third-order valence-corrected chi connectivity index (χ3v) is 4.09. The van der Waals surface area contributed by atoms with Crippen molar-refractivity contribution >= 4 is 40.8 Å². The van der Waals surface area contributed by atoms with Crippen molar-refractivity contribution < 1.29 is 14.4 Å². The Morgan fingerprint density at radius 2 is 2.12 bits per heavy atom. The molecule has 24 heavy (non-hydrogen) atoms. The zero-order chi connectivity index (χ0) is 17.5. The Morgan fingerprint density at radius 1 is 1.42 bits per heavy atom. The number of carbonyl (C=O) groups excluding carboxylic acids is 1. The van der Waals surface area contributed by atoms with E-state index in [2.05, 4.69) is 10.3 Å². The number of rotatable bonds is 7. The Kier molecular flexibility index (Phi) is 7.15. The van der Waals surface area contributed by atoms with E-state index in [0.29, 0.717) is 54.4 Å². The van der Waals surface area contributed by atoms with E-state index in [4.69, 9.17) is 32.8 Å². The second-order valence-electron chi connectivity index (χ2n) is 5.31. The molecule has 6 nitrogen and oxygen atoms in total. The van der Waals surface area contributed by atoms with Gasteiger partial charge in [0.1, 0.15) is 5.69 Å². The highest BCUT2D eigenvalue weighted by atomic mass is 35.5. The van der Waals surface area contributed by atoms with Gasteiger partial charge >= 0.3 is 5.97 Å². The maximum Gasteiger partial charge on any atom is 0.308 e. The quantitative estimate of drug-likeness (QED) is 0.741. The summed E-state index contributed by atoms with van der Waals surface area (Å²) in [5.74, 6) is 0.130. The standard InChI is InChI=1S/C16H21Cl2N3O3/c1-3-23-15(22)11(2)7-10-24-21-9-8-19-16(21)20-14-12(17)5-4-6-13(14)18/h4-6,11H,3,7-10H2,1-2H3,(H,19,20). The molecular formula is C16H21Cl2N3O3. The summed E-state index contributed by atoms with van der Waals surface area (Å²) in [5.41, 5.74) is 0.499. The van der Waals surface area contributed by atoms with Gasteiger partial charge in [0, 0.05) is 6.54 Å². The van der Waals surface area contributed by atoms with Gasteiger partial charge in [-0.1, -0.05) is 36.2 Å². The first-order valence-electron chi connectivity index (χ1n) is 7.86. The van der Waals surface area contributed by atoms with E-state index in [1.807, 2.05) is 6.92 Å². The molecule has 1 aliphatic rings. The first-order chi connectivity index (χ1) is 11.5. The molecule has 1 atom stereocenters. The van der Waals surface area contributed by atoms with Crippen molar-refractivity contribution in [1.82, 2.24) is 10.4 Å². The van der Waals surface area contributed by atoms with E-state index in [1.165, 1.54) is 0 Å². The third-order valence-electron chi connectivity index (χ3n) is 3.48. The lowest BCUT2D eigenvalue weighted by atomic mass is 10.1. The molecule has 1 aromatic rings. The molecule has 1 saturated heterocycles. The summed E-state index contributed by atoms with van der Waals surface area (Å²) in [7, 11) is 0. The van der Waals surface area contributed by atoms with Gasteiger partial charge < -0.3 is 10.1 Å². The van der Waals surface area contributed by atoms with Gasteiger partial charge in [-0.05, 0) is 25.5 Å². The molecule has 0 saturated carbocycles. The van der Waals surface area contributed by atoms with Crippen LogP contribution in [0.1, 0.15) is 20.3 Å². The minimum Gasteiger partial charge on any atom is -0.466 e. The molecular weight excluding hydrogens is 353 g/mol. The smallest absolute Gasteiger partial charge is 0.308 e. The molecule has 1 unspecified atom stereocenters. The van der Waals surface area contributed by atoms with Gasteiger partial charge in [-0.2, -0.15) is 0 Å². The van der Waals surface area contributed by atoms with Crippen molar-refractivity contribution in [3.8, 4) is 0 Å². The Bertz CT molecular complexity index is 590. The van der Waals surface area contributed by atoms with Crippen molar-refractivity contribution in [2.24, 2.45) is 10.9 Å². The van der Waals surface area contributed by atoms with Crippen molar-refractivity contribution in [3.05, 3.63) is 28.2 Å². The summed E-state index contributed by atoms with van der Waals surface area (Å²) in [6.45, 7) is 5.73. The molecule has 1 heterocycles. The van der Waals surface area contributed by atoms with Gasteiger partial charge in [0.05, 0.1) is 35.7 Å². The molecule has 0 bridgehead atoms. The number of hydroxylamine groups is 2. The van der Waals surface area contributed by atoms with Gasteiger partial charge in [0.25, 0.3) is 0 Å². The topological polar surface area (TPSA) is 63.2 Å². The molecule has 2 rings (SSSR count). The normalized spacial score (nSPS) is 17.0. The van der Waals surface area contributed by atoms with Crippen LogP contribution in [0.4, 0.5) is 5.69 Å². The number of nitrogens with one attached hydrogen (secondary N) is 1. The zero-order valence-electron chi connectivity index (χ0n) is 13.7. The third kappa shape index (κ3) is 5.00. The average molecular weight is 374 g/mol. The number of nitrogens with zero attached hydrogens (tertiary/aromatic N) is 2. The second kappa shape index (κ2) is 9.11. The maximum atomic E-state index is 11.6. The fraction of sp³-hybridized carbons (Fsp3) is 0.500. The van der Waals surface area contributed by atoms with Crippen LogP contribution < -0.4 is 5.32 Å². The van der Waals surface area contributed by atoms with E-state index < -0.39 is 0 Å². The van der Waals surface area contributed by atoms with Crippen LogP contribution in [0.3, 0.4) is 0 Å². The maximum absolute atomic E-state index is 11.6. The monoisotopic (exact) mass is 373 g/mol. The minimum atomic E-state index is -0.211. The van der Waals surface area contributed by atoms with Crippen LogP contribution in [0, 0.1) is 5.92 Å². The van der Waals surface area contributed by atoms with Crippen LogP contribution in [0.2, 0.25) is 10.0 Å². The Hall–Kier alpha value is -1.50. The number of para-hydroxylation sites is 1. The molecule has 0 aliphatic carbocycles. The molecule has 8 heteroatoms. The molecule has 0 spiro atoms. The lowest BCUT2D eigenvalue weighted by Crippen LogP contribution is -2.31. The van der Waals surface area contributed by atoms with Crippen LogP contribution in [-0.4, -0.2) is 43.3 Å². The minimum absolute atomic E-state index is 0.209. The number of aliphatic imine (C=N–C) groups is 1. The molecule has 0 aromatic heterocycles. The fourth-order valence-corrected chi connectivity index (χ4v) is 2.61. The van der Waals surface area contributed by atoms with E-state index in [0.717, 1.165) is 0 Å². The zero-order valence-corrected chi connectivity index (χ0v) is 15.2. The molecule has 0 amide bonds. The average Bonchev–Trinajstić information content (AvgIpc) is 2.98. The number of ether oxygens (including phenoxy) is 1. The second-order valence-corrected chi connectivity index (χ2v) is 6.12. The van der Waals surface area contributed by atoms with Gasteiger partial charge in [-0.25, -0.2) is 10.1 Å². The van der Waals surface area contributed by atoms with Crippen LogP contribution in [0.15, 0.2) is 23.2 Å². The summed E-state index contributed by atoms with van der Waals surface area (Å²) < 4.78 is 4.98. The predicted octanol–water partition coefficient (Wildman–Crippen LogP) is 3.41. The van der Waals surface area contributed by atoms with E-state index >= 15 is 0 Å². The number of hydrogen-bond acceptors (Lipinski definition) is 4. The summed E-state index contributed by atoms with van der Waals surface area (Å²) in [4.78, 5) is 21.8.